The first-order valence-corrected chi connectivity index (χ1v) is 10.1. The lowest BCUT2D eigenvalue weighted by Crippen LogP contribution is -2.35. The number of amides is 1. The summed E-state index contributed by atoms with van der Waals surface area (Å²) < 4.78 is 33.8. The molecule has 2 heterocycles. The maximum atomic E-state index is 12.1. The number of hydrogen-bond donors (Lipinski definition) is 1. The van der Waals surface area contributed by atoms with Crippen LogP contribution in [-0.2, 0) is 16.4 Å². The standard InChI is InChI=1S/C16H15Cl2NO5S/c17-12-2-1-3-13(15(12)18)23-8-11-4-5-14(24-11)16(20)19-10-6-7-25(21,22)9-10/h1-5,10H,6-9H2,(H,19,20). The molecular formula is C16H15Cl2NO5S. The van der Waals surface area contributed by atoms with E-state index in [0.29, 0.717) is 28.0 Å². The average Bonchev–Trinajstić information content (AvgIpc) is 3.15. The fourth-order valence-corrected chi connectivity index (χ4v) is 4.51. The molecule has 134 valence electrons. The Hall–Kier alpha value is -1.70. The monoisotopic (exact) mass is 403 g/mol. The Labute approximate surface area is 155 Å². The normalized spacial score (nSPS) is 18.9. The maximum Gasteiger partial charge on any atom is 0.287 e. The van der Waals surface area contributed by atoms with Crippen molar-refractivity contribution in [3.8, 4) is 5.75 Å². The van der Waals surface area contributed by atoms with Crippen molar-refractivity contribution >= 4 is 38.9 Å². The van der Waals surface area contributed by atoms with Gasteiger partial charge in [0.15, 0.2) is 15.6 Å². The highest BCUT2D eigenvalue weighted by Gasteiger charge is 2.29. The molecule has 1 saturated heterocycles. The molecule has 0 radical (unpaired) electrons. The molecule has 0 aliphatic carbocycles. The van der Waals surface area contributed by atoms with Crippen molar-refractivity contribution in [3.63, 3.8) is 0 Å². The number of hydrogen-bond acceptors (Lipinski definition) is 5. The van der Waals surface area contributed by atoms with Crippen LogP contribution in [0.5, 0.6) is 5.75 Å². The predicted octanol–water partition coefficient (Wildman–Crippen LogP) is 3.08. The molecule has 1 unspecified atom stereocenters. The smallest absolute Gasteiger partial charge is 0.287 e. The molecule has 1 N–H and O–H groups in total. The van der Waals surface area contributed by atoms with Crippen molar-refractivity contribution in [2.24, 2.45) is 0 Å². The molecule has 1 fully saturated rings. The van der Waals surface area contributed by atoms with E-state index in [4.69, 9.17) is 32.4 Å². The maximum absolute atomic E-state index is 12.1. The fraction of sp³-hybridized carbons (Fsp3) is 0.312. The summed E-state index contributed by atoms with van der Waals surface area (Å²) in [6.45, 7) is 0.0746. The Morgan fingerprint density at radius 2 is 2.08 bits per heavy atom. The summed E-state index contributed by atoms with van der Waals surface area (Å²) >= 11 is 11.9. The fourth-order valence-electron chi connectivity index (χ4n) is 2.49. The van der Waals surface area contributed by atoms with Gasteiger partial charge in [0.1, 0.15) is 23.1 Å². The van der Waals surface area contributed by atoms with E-state index in [0.717, 1.165) is 0 Å². The lowest BCUT2D eigenvalue weighted by molar-refractivity contribution is 0.0909. The molecule has 1 aliphatic rings. The first-order valence-electron chi connectivity index (χ1n) is 7.51. The molecule has 1 aliphatic heterocycles. The Kier molecular flexibility index (Phi) is 5.27. The van der Waals surface area contributed by atoms with E-state index in [2.05, 4.69) is 5.32 Å². The lowest BCUT2D eigenvalue weighted by Gasteiger charge is -2.09. The molecule has 6 nitrogen and oxygen atoms in total. The van der Waals surface area contributed by atoms with E-state index in [1.54, 1.807) is 24.3 Å². The van der Waals surface area contributed by atoms with Gasteiger partial charge in [-0.1, -0.05) is 29.3 Å². The van der Waals surface area contributed by atoms with Crippen molar-refractivity contribution in [2.75, 3.05) is 11.5 Å². The summed E-state index contributed by atoms with van der Waals surface area (Å²) in [6, 6.07) is 7.77. The number of rotatable bonds is 5. The first-order chi connectivity index (χ1) is 11.8. The van der Waals surface area contributed by atoms with Gasteiger partial charge < -0.3 is 14.5 Å². The second-order valence-electron chi connectivity index (χ2n) is 5.68. The summed E-state index contributed by atoms with van der Waals surface area (Å²) in [5.41, 5.74) is 0. The molecule has 1 aromatic carbocycles. The highest BCUT2D eigenvalue weighted by Crippen LogP contribution is 2.32. The number of benzene rings is 1. The van der Waals surface area contributed by atoms with Gasteiger partial charge in [0.2, 0.25) is 0 Å². The Morgan fingerprint density at radius 3 is 2.80 bits per heavy atom. The lowest BCUT2D eigenvalue weighted by atomic mass is 10.2. The first kappa shape index (κ1) is 18.1. The zero-order valence-electron chi connectivity index (χ0n) is 13.0. The van der Waals surface area contributed by atoms with Crippen LogP contribution < -0.4 is 10.1 Å². The van der Waals surface area contributed by atoms with Crippen LogP contribution in [0.4, 0.5) is 0 Å². The number of nitrogens with one attached hydrogen (secondary N) is 1. The molecule has 0 saturated carbocycles. The topological polar surface area (TPSA) is 85.6 Å². The molecular weight excluding hydrogens is 389 g/mol. The van der Waals surface area contributed by atoms with E-state index in [1.165, 1.54) is 6.07 Å². The number of sulfone groups is 1. The minimum atomic E-state index is -3.05. The SMILES string of the molecule is O=C(NC1CCS(=O)(=O)C1)c1ccc(COc2cccc(Cl)c2Cl)o1. The number of ether oxygens (including phenoxy) is 1. The van der Waals surface area contributed by atoms with Crippen LogP contribution in [0.25, 0.3) is 0 Å². The highest BCUT2D eigenvalue weighted by molar-refractivity contribution is 7.91. The van der Waals surface area contributed by atoms with Crippen LogP contribution in [0.15, 0.2) is 34.7 Å². The molecule has 0 spiro atoms. The van der Waals surface area contributed by atoms with Gasteiger partial charge in [0, 0.05) is 6.04 Å². The van der Waals surface area contributed by atoms with E-state index in [9.17, 15) is 13.2 Å². The van der Waals surface area contributed by atoms with Crippen LogP contribution in [0, 0.1) is 0 Å². The molecule has 1 aromatic heterocycles. The van der Waals surface area contributed by atoms with Crippen molar-refractivity contribution in [2.45, 2.75) is 19.1 Å². The van der Waals surface area contributed by atoms with Crippen LogP contribution in [-0.4, -0.2) is 31.9 Å². The number of halogens is 2. The van der Waals surface area contributed by atoms with Gasteiger partial charge in [-0.05, 0) is 30.7 Å². The number of furan rings is 1. The third-order valence-corrected chi connectivity index (χ3v) is 6.31. The summed E-state index contributed by atoms with van der Waals surface area (Å²) in [5, 5.41) is 3.35. The second-order valence-corrected chi connectivity index (χ2v) is 8.69. The summed E-state index contributed by atoms with van der Waals surface area (Å²) in [7, 11) is -3.05. The Bertz CT molecular complexity index is 894. The molecule has 1 amide bonds. The summed E-state index contributed by atoms with van der Waals surface area (Å²) in [4.78, 5) is 12.1. The Morgan fingerprint density at radius 1 is 1.28 bits per heavy atom. The Balaban J connectivity index is 1.58. The highest BCUT2D eigenvalue weighted by atomic mass is 35.5. The predicted molar refractivity (Wildman–Crippen MR) is 94.0 cm³/mol. The zero-order valence-corrected chi connectivity index (χ0v) is 15.3. The van der Waals surface area contributed by atoms with Gasteiger partial charge in [0.05, 0.1) is 16.5 Å². The molecule has 9 heteroatoms. The van der Waals surface area contributed by atoms with Crippen molar-refractivity contribution in [3.05, 3.63) is 51.9 Å². The molecule has 3 rings (SSSR count). The van der Waals surface area contributed by atoms with Gasteiger partial charge in [-0.25, -0.2) is 8.42 Å². The summed E-state index contributed by atoms with van der Waals surface area (Å²) in [6.07, 6.45) is 0.415. The second kappa shape index (κ2) is 7.27. The van der Waals surface area contributed by atoms with Gasteiger partial charge in [0.25, 0.3) is 5.91 Å². The molecule has 0 bridgehead atoms. The molecule has 25 heavy (non-hydrogen) atoms. The largest absolute Gasteiger partial charge is 0.484 e. The molecule has 1 atom stereocenters. The zero-order chi connectivity index (χ0) is 18.0. The van der Waals surface area contributed by atoms with Gasteiger partial charge >= 0.3 is 0 Å². The van der Waals surface area contributed by atoms with Gasteiger partial charge in [-0.2, -0.15) is 0 Å². The van der Waals surface area contributed by atoms with Crippen LogP contribution >= 0.6 is 23.2 Å². The summed E-state index contributed by atoms with van der Waals surface area (Å²) in [5.74, 6) is 0.542. The minimum Gasteiger partial charge on any atom is -0.484 e. The van der Waals surface area contributed by atoms with Crippen LogP contribution in [0.3, 0.4) is 0 Å². The van der Waals surface area contributed by atoms with E-state index >= 15 is 0 Å². The average molecular weight is 404 g/mol. The third kappa shape index (κ3) is 4.48. The molecule has 2 aromatic rings. The van der Waals surface area contributed by atoms with Crippen molar-refractivity contribution < 1.29 is 22.4 Å². The third-order valence-electron chi connectivity index (χ3n) is 3.74. The van der Waals surface area contributed by atoms with Gasteiger partial charge in [-0.3, -0.25) is 4.79 Å². The van der Waals surface area contributed by atoms with E-state index in [1.807, 2.05) is 0 Å². The van der Waals surface area contributed by atoms with Crippen LogP contribution in [0.2, 0.25) is 10.0 Å². The van der Waals surface area contributed by atoms with E-state index < -0.39 is 15.7 Å². The van der Waals surface area contributed by atoms with E-state index in [-0.39, 0.29) is 29.9 Å². The van der Waals surface area contributed by atoms with Gasteiger partial charge in [-0.15, -0.1) is 0 Å². The van der Waals surface area contributed by atoms with Crippen LogP contribution in [0.1, 0.15) is 22.7 Å². The quantitative estimate of drug-likeness (QED) is 0.828. The van der Waals surface area contributed by atoms with Crippen molar-refractivity contribution in [1.82, 2.24) is 5.32 Å². The van der Waals surface area contributed by atoms with Crippen molar-refractivity contribution in [1.29, 1.82) is 0 Å². The number of carbonyl (C=O) groups excluding carboxylic acids is 1. The number of carbonyl (C=O) groups is 1. The minimum absolute atomic E-state index is 0.0390.